The predicted molar refractivity (Wildman–Crippen MR) is 93.3 cm³/mol. The maximum Gasteiger partial charge on any atom is 0.339 e. The van der Waals surface area contributed by atoms with E-state index in [4.69, 9.17) is 9.15 Å². The molecule has 0 aliphatic carbocycles. The maximum atomic E-state index is 12.3. The summed E-state index contributed by atoms with van der Waals surface area (Å²) in [7, 11) is 0. The lowest BCUT2D eigenvalue weighted by Gasteiger charge is -2.16. The molecule has 6 nitrogen and oxygen atoms in total. The Bertz CT molecular complexity index is 899. The van der Waals surface area contributed by atoms with Crippen molar-refractivity contribution < 1.29 is 18.7 Å². The van der Waals surface area contributed by atoms with Crippen molar-refractivity contribution in [3.05, 3.63) is 60.0 Å². The van der Waals surface area contributed by atoms with Crippen LogP contribution in [-0.2, 0) is 9.53 Å². The first-order valence-electron chi connectivity index (χ1n) is 7.98. The lowest BCUT2D eigenvalue weighted by Crippen LogP contribution is -2.32. The van der Waals surface area contributed by atoms with Crippen LogP contribution in [0, 0.1) is 6.92 Å². The van der Waals surface area contributed by atoms with Gasteiger partial charge in [-0.2, -0.15) is 0 Å². The van der Waals surface area contributed by atoms with Crippen LogP contribution in [0.1, 0.15) is 29.3 Å². The van der Waals surface area contributed by atoms with Gasteiger partial charge in [-0.05, 0) is 43.7 Å². The Morgan fingerprint density at radius 2 is 1.96 bits per heavy atom. The number of rotatable bonds is 5. The molecule has 0 aliphatic rings. The van der Waals surface area contributed by atoms with Crippen LogP contribution in [-0.4, -0.2) is 23.0 Å². The first-order valence-corrected chi connectivity index (χ1v) is 7.98. The van der Waals surface area contributed by atoms with Gasteiger partial charge in [-0.1, -0.05) is 24.6 Å². The highest BCUT2D eigenvalue weighted by Crippen LogP contribution is 2.17. The van der Waals surface area contributed by atoms with Crippen LogP contribution in [0.25, 0.3) is 11.1 Å². The van der Waals surface area contributed by atoms with Crippen molar-refractivity contribution in [2.45, 2.75) is 26.4 Å². The highest BCUT2D eigenvalue weighted by molar-refractivity contribution is 5.98. The van der Waals surface area contributed by atoms with Gasteiger partial charge in [0.15, 0.2) is 18.1 Å². The van der Waals surface area contributed by atoms with Crippen molar-refractivity contribution in [1.82, 2.24) is 4.98 Å². The average molecular weight is 338 g/mol. The number of amides is 1. The third-order valence-electron chi connectivity index (χ3n) is 3.80. The van der Waals surface area contributed by atoms with Gasteiger partial charge in [-0.15, -0.1) is 0 Å². The van der Waals surface area contributed by atoms with E-state index >= 15 is 0 Å². The number of fused-ring (bicyclic) bond motifs is 1. The predicted octanol–water partition coefficient (Wildman–Crippen LogP) is 3.71. The largest absolute Gasteiger partial charge is 0.449 e. The number of aromatic nitrogens is 1. The SMILES string of the molecule is CCC(OC(=O)c1ccc2ncoc2c1)C(=O)Nc1ccc(C)cc1. The van der Waals surface area contributed by atoms with Gasteiger partial charge in [0.05, 0.1) is 5.56 Å². The molecule has 3 aromatic rings. The molecule has 128 valence electrons. The molecule has 0 saturated carbocycles. The molecular weight excluding hydrogens is 320 g/mol. The zero-order valence-corrected chi connectivity index (χ0v) is 14.0. The third-order valence-corrected chi connectivity index (χ3v) is 3.80. The van der Waals surface area contributed by atoms with Gasteiger partial charge in [-0.3, -0.25) is 4.79 Å². The number of esters is 1. The van der Waals surface area contributed by atoms with E-state index in [1.54, 1.807) is 37.3 Å². The van der Waals surface area contributed by atoms with Crippen molar-refractivity contribution in [3.63, 3.8) is 0 Å². The molecule has 6 heteroatoms. The van der Waals surface area contributed by atoms with Crippen molar-refractivity contribution in [2.75, 3.05) is 5.32 Å². The van der Waals surface area contributed by atoms with Gasteiger partial charge in [0, 0.05) is 5.69 Å². The standard InChI is InChI=1S/C19H18N2O4/c1-3-16(18(22)21-14-7-4-12(2)5-8-14)25-19(23)13-6-9-15-17(10-13)24-11-20-15/h4-11,16H,3H2,1-2H3,(H,21,22). The number of hydrogen-bond acceptors (Lipinski definition) is 5. The van der Waals surface area contributed by atoms with E-state index in [2.05, 4.69) is 10.3 Å². The van der Waals surface area contributed by atoms with Gasteiger partial charge in [0.1, 0.15) is 5.52 Å². The summed E-state index contributed by atoms with van der Waals surface area (Å²) in [5, 5.41) is 2.76. The quantitative estimate of drug-likeness (QED) is 0.717. The van der Waals surface area contributed by atoms with E-state index in [-0.39, 0.29) is 5.91 Å². The average Bonchev–Trinajstić information content (AvgIpc) is 3.09. The van der Waals surface area contributed by atoms with Crippen molar-refractivity contribution >= 4 is 28.7 Å². The number of anilines is 1. The molecule has 1 N–H and O–H groups in total. The summed E-state index contributed by atoms with van der Waals surface area (Å²) in [4.78, 5) is 28.7. The Morgan fingerprint density at radius 3 is 2.68 bits per heavy atom. The second-order valence-corrected chi connectivity index (χ2v) is 5.69. The Balaban J connectivity index is 1.68. The number of nitrogens with zero attached hydrogens (tertiary/aromatic N) is 1. The zero-order chi connectivity index (χ0) is 17.8. The number of aryl methyl sites for hydroxylation is 1. The fourth-order valence-electron chi connectivity index (χ4n) is 2.36. The van der Waals surface area contributed by atoms with Crippen molar-refractivity contribution in [2.24, 2.45) is 0 Å². The number of hydrogen-bond donors (Lipinski definition) is 1. The van der Waals surface area contributed by atoms with Crippen LogP contribution < -0.4 is 5.32 Å². The van der Waals surface area contributed by atoms with E-state index in [1.165, 1.54) is 6.39 Å². The molecule has 0 fully saturated rings. The normalized spacial score (nSPS) is 11.9. The molecule has 0 bridgehead atoms. The Morgan fingerprint density at radius 1 is 1.20 bits per heavy atom. The summed E-state index contributed by atoms with van der Waals surface area (Å²) < 4.78 is 10.5. The van der Waals surface area contributed by atoms with Gasteiger partial charge in [0.25, 0.3) is 5.91 Å². The molecule has 3 rings (SSSR count). The maximum absolute atomic E-state index is 12.3. The Hall–Kier alpha value is -3.15. The van der Waals surface area contributed by atoms with Crippen molar-refractivity contribution in [3.8, 4) is 0 Å². The molecule has 0 aliphatic heterocycles. The van der Waals surface area contributed by atoms with Gasteiger partial charge < -0.3 is 14.5 Å². The summed E-state index contributed by atoms with van der Waals surface area (Å²) in [6.45, 7) is 3.75. The van der Waals surface area contributed by atoms with Gasteiger partial charge >= 0.3 is 5.97 Å². The van der Waals surface area contributed by atoms with Crippen LogP contribution in [0.3, 0.4) is 0 Å². The summed E-state index contributed by atoms with van der Waals surface area (Å²) >= 11 is 0. The number of benzene rings is 2. The fourth-order valence-corrected chi connectivity index (χ4v) is 2.36. The lowest BCUT2D eigenvalue weighted by atomic mass is 10.2. The molecule has 1 aromatic heterocycles. The minimum Gasteiger partial charge on any atom is -0.449 e. The fraction of sp³-hybridized carbons (Fsp3) is 0.211. The minimum atomic E-state index is -0.876. The summed E-state index contributed by atoms with van der Waals surface area (Å²) in [6, 6.07) is 12.2. The second kappa shape index (κ2) is 7.17. The molecule has 2 aromatic carbocycles. The van der Waals surface area contributed by atoms with E-state index in [0.29, 0.717) is 28.8 Å². The molecule has 25 heavy (non-hydrogen) atoms. The monoisotopic (exact) mass is 338 g/mol. The Labute approximate surface area is 144 Å². The van der Waals surface area contributed by atoms with Crippen LogP contribution >= 0.6 is 0 Å². The zero-order valence-electron chi connectivity index (χ0n) is 14.0. The van der Waals surface area contributed by atoms with Crippen LogP contribution in [0.2, 0.25) is 0 Å². The first-order chi connectivity index (χ1) is 12.1. The molecule has 1 heterocycles. The number of ether oxygens (including phenoxy) is 1. The first kappa shape index (κ1) is 16.7. The molecule has 1 amide bonds. The number of oxazole rings is 1. The van der Waals surface area contributed by atoms with Gasteiger partial charge in [-0.25, -0.2) is 9.78 Å². The van der Waals surface area contributed by atoms with E-state index < -0.39 is 12.1 Å². The minimum absolute atomic E-state index is 0.311. The summed E-state index contributed by atoms with van der Waals surface area (Å²) in [5.41, 5.74) is 3.21. The Kier molecular flexibility index (Phi) is 4.79. The van der Waals surface area contributed by atoms with Crippen LogP contribution in [0.5, 0.6) is 0 Å². The second-order valence-electron chi connectivity index (χ2n) is 5.69. The summed E-state index contributed by atoms with van der Waals surface area (Å²) in [5.74, 6) is -0.940. The van der Waals surface area contributed by atoms with E-state index in [1.807, 2.05) is 19.1 Å². The van der Waals surface area contributed by atoms with E-state index in [0.717, 1.165) is 5.56 Å². The highest BCUT2D eigenvalue weighted by atomic mass is 16.5. The highest BCUT2D eigenvalue weighted by Gasteiger charge is 2.22. The van der Waals surface area contributed by atoms with E-state index in [9.17, 15) is 9.59 Å². The molecule has 1 atom stereocenters. The molecule has 0 radical (unpaired) electrons. The molecular formula is C19H18N2O4. The molecule has 0 spiro atoms. The smallest absolute Gasteiger partial charge is 0.339 e. The van der Waals surface area contributed by atoms with Crippen LogP contribution in [0.4, 0.5) is 5.69 Å². The number of carbonyl (C=O) groups excluding carboxylic acids is 2. The van der Waals surface area contributed by atoms with Crippen LogP contribution in [0.15, 0.2) is 53.3 Å². The number of nitrogens with one attached hydrogen (secondary N) is 1. The topological polar surface area (TPSA) is 81.4 Å². The molecule has 0 saturated heterocycles. The molecule has 1 unspecified atom stereocenters. The number of carbonyl (C=O) groups is 2. The lowest BCUT2D eigenvalue weighted by molar-refractivity contribution is -0.124. The summed E-state index contributed by atoms with van der Waals surface area (Å²) in [6.07, 6.45) is 0.802. The third kappa shape index (κ3) is 3.85. The van der Waals surface area contributed by atoms with Crippen molar-refractivity contribution in [1.29, 1.82) is 0 Å². The van der Waals surface area contributed by atoms with Gasteiger partial charge in [0.2, 0.25) is 0 Å².